The van der Waals surface area contributed by atoms with Gasteiger partial charge < -0.3 is 23.8 Å². The van der Waals surface area contributed by atoms with Gasteiger partial charge in [-0.3, -0.25) is 4.79 Å². The van der Waals surface area contributed by atoms with Gasteiger partial charge in [0.05, 0.1) is 12.8 Å². The van der Waals surface area contributed by atoms with E-state index in [1.807, 2.05) is 76.8 Å². The number of nitrogens with zero attached hydrogens (tertiary/aromatic N) is 3. The van der Waals surface area contributed by atoms with Crippen molar-refractivity contribution in [3.05, 3.63) is 90.5 Å². The summed E-state index contributed by atoms with van der Waals surface area (Å²) in [7, 11) is 1.59. The quantitative estimate of drug-likeness (QED) is 0.380. The van der Waals surface area contributed by atoms with Gasteiger partial charge in [-0.05, 0) is 43.3 Å². The number of fused-ring (bicyclic) bond motifs is 2. The Kier molecular flexibility index (Phi) is 5.44. The van der Waals surface area contributed by atoms with E-state index in [-0.39, 0.29) is 12.5 Å². The van der Waals surface area contributed by atoms with E-state index in [0.717, 1.165) is 22.2 Å². The van der Waals surface area contributed by atoms with Crippen molar-refractivity contribution in [3.8, 4) is 11.5 Å². The third kappa shape index (κ3) is 4.01. The first-order chi connectivity index (χ1) is 16.2. The minimum absolute atomic E-state index is 0.176. The zero-order chi connectivity index (χ0) is 22.8. The number of nitrogens with one attached hydrogen (secondary N) is 1. The number of hydrogen-bond donors (Lipinski definition) is 1. The lowest BCUT2D eigenvalue weighted by atomic mass is 10.2. The van der Waals surface area contributed by atoms with Gasteiger partial charge in [-0.1, -0.05) is 24.3 Å². The average molecular weight is 441 g/mol. The number of anilines is 1. The number of pyridine rings is 1. The monoisotopic (exact) mass is 440 g/mol. The highest BCUT2D eigenvalue weighted by molar-refractivity contribution is 6.06. The molecule has 0 bridgehead atoms. The lowest BCUT2D eigenvalue weighted by Crippen LogP contribution is -2.16. The number of para-hydroxylation sites is 1. The van der Waals surface area contributed by atoms with Gasteiger partial charge in [0.25, 0.3) is 5.91 Å². The summed E-state index contributed by atoms with van der Waals surface area (Å²) < 4.78 is 15.4. The number of rotatable bonds is 7. The van der Waals surface area contributed by atoms with Crippen LogP contribution in [0.25, 0.3) is 16.6 Å². The molecule has 1 N–H and O–H groups in total. The van der Waals surface area contributed by atoms with Gasteiger partial charge in [0.2, 0.25) is 0 Å². The number of ether oxygens (including phenoxy) is 2. The highest BCUT2D eigenvalue weighted by atomic mass is 16.5. The van der Waals surface area contributed by atoms with Gasteiger partial charge in [0, 0.05) is 41.6 Å². The standard InChI is InChI=1S/C26H24N4O3/c1-3-30-21-9-5-4-8-18(21)14-22(30)26(31)28-19-11-12-23(32-2)24(15-19)33-17-20-16-29-13-7-6-10-25(29)27-20/h4-16H,3,17H2,1-2H3,(H,28,31). The summed E-state index contributed by atoms with van der Waals surface area (Å²) in [4.78, 5) is 17.6. The zero-order valence-electron chi connectivity index (χ0n) is 18.5. The van der Waals surface area contributed by atoms with E-state index in [2.05, 4.69) is 10.3 Å². The summed E-state index contributed by atoms with van der Waals surface area (Å²) in [5.41, 5.74) is 3.93. The van der Waals surface area contributed by atoms with E-state index in [9.17, 15) is 4.79 Å². The molecule has 0 aliphatic heterocycles. The SMILES string of the molecule is CCn1c(C(=O)Nc2ccc(OC)c(OCc3cn4ccccc4n3)c2)cc2ccccc21. The molecule has 0 radical (unpaired) electrons. The molecule has 0 saturated heterocycles. The number of methoxy groups -OCH3 is 1. The summed E-state index contributed by atoms with van der Waals surface area (Å²) >= 11 is 0. The normalized spacial score (nSPS) is 11.1. The largest absolute Gasteiger partial charge is 0.493 e. The van der Waals surface area contributed by atoms with Gasteiger partial charge in [-0.15, -0.1) is 0 Å². The molecule has 0 unspecified atom stereocenters. The maximum Gasteiger partial charge on any atom is 0.272 e. The number of carbonyl (C=O) groups is 1. The fraction of sp³-hybridized carbons (Fsp3) is 0.154. The summed E-state index contributed by atoms with van der Waals surface area (Å²) in [6.07, 6.45) is 3.87. The number of carbonyl (C=O) groups excluding carboxylic acids is 1. The topological polar surface area (TPSA) is 69.8 Å². The number of aryl methyl sites for hydroxylation is 1. The fourth-order valence-electron chi connectivity index (χ4n) is 4.01. The predicted octanol–water partition coefficient (Wildman–Crippen LogP) is 5.15. The van der Waals surface area contributed by atoms with Crippen molar-refractivity contribution in [2.75, 3.05) is 12.4 Å². The van der Waals surface area contributed by atoms with E-state index >= 15 is 0 Å². The molecule has 0 saturated carbocycles. The third-order valence-corrected chi connectivity index (χ3v) is 5.57. The van der Waals surface area contributed by atoms with Crippen molar-refractivity contribution in [3.63, 3.8) is 0 Å². The lowest BCUT2D eigenvalue weighted by Gasteiger charge is -2.13. The fourth-order valence-corrected chi connectivity index (χ4v) is 4.01. The van der Waals surface area contributed by atoms with Crippen LogP contribution in [0.2, 0.25) is 0 Å². The number of imidazole rings is 1. The first kappa shape index (κ1) is 20.6. The Hall–Kier alpha value is -4.26. The van der Waals surface area contributed by atoms with Crippen LogP contribution in [0.5, 0.6) is 11.5 Å². The molecule has 0 atom stereocenters. The molecule has 5 rings (SSSR count). The molecule has 166 valence electrons. The van der Waals surface area contributed by atoms with Crippen LogP contribution in [-0.2, 0) is 13.2 Å². The van der Waals surface area contributed by atoms with Crippen molar-refractivity contribution in [2.24, 2.45) is 0 Å². The molecule has 0 spiro atoms. The van der Waals surface area contributed by atoms with E-state index in [4.69, 9.17) is 9.47 Å². The average Bonchev–Trinajstić information content (AvgIpc) is 3.43. The maximum absolute atomic E-state index is 13.1. The Balaban J connectivity index is 1.37. The molecule has 7 nitrogen and oxygen atoms in total. The van der Waals surface area contributed by atoms with E-state index in [0.29, 0.717) is 29.4 Å². The first-order valence-electron chi connectivity index (χ1n) is 10.8. The second-order valence-corrected chi connectivity index (χ2v) is 7.64. The van der Waals surface area contributed by atoms with Crippen LogP contribution in [0.1, 0.15) is 23.1 Å². The Morgan fingerprint density at radius 1 is 1.03 bits per heavy atom. The zero-order valence-corrected chi connectivity index (χ0v) is 18.5. The van der Waals surface area contributed by atoms with Crippen molar-refractivity contribution in [1.82, 2.24) is 14.0 Å². The van der Waals surface area contributed by atoms with Crippen molar-refractivity contribution < 1.29 is 14.3 Å². The number of hydrogen-bond acceptors (Lipinski definition) is 4. The van der Waals surface area contributed by atoms with Gasteiger partial charge in [0.1, 0.15) is 17.9 Å². The molecule has 5 aromatic rings. The van der Waals surface area contributed by atoms with Crippen LogP contribution < -0.4 is 14.8 Å². The first-order valence-corrected chi connectivity index (χ1v) is 10.8. The number of aromatic nitrogens is 3. The van der Waals surface area contributed by atoms with E-state index in [1.165, 1.54) is 0 Å². The summed E-state index contributed by atoms with van der Waals surface area (Å²) in [6.45, 7) is 3.01. The smallest absolute Gasteiger partial charge is 0.272 e. The van der Waals surface area contributed by atoms with Crippen LogP contribution in [-0.4, -0.2) is 27.0 Å². The highest BCUT2D eigenvalue weighted by Crippen LogP contribution is 2.31. The molecule has 7 heteroatoms. The number of amides is 1. The van der Waals surface area contributed by atoms with Gasteiger partial charge in [-0.25, -0.2) is 4.98 Å². The molecular formula is C26H24N4O3. The van der Waals surface area contributed by atoms with Gasteiger partial charge in [0.15, 0.2) is 11.5 Å². The Labute approximate surface area is 191 Å². The molecule has 3 aromatic heterocycles. The summed E-state index contributed by atoms with van der Waals surface area (Å²) in [6, 6.07) is 21.1. The van der Waals surface area contributed by atoms with Gasteiger partial charge in [-0.2, -0.15) is 0 Å². The minimum Gasteiger partial charge on any atom is -0.493 e. The van der Waals surface area contributed by atoms with Crippen molar-refractivity contribution in [2.45, 2.75) is 20.1 Å². The van der Waals surface area contributed by atoms with Gasteiger partial charge >= 0.3 is 0 Å². The molecule has 33 heavy (non-hydrogen) atoms. The second-order valence-electron chi connectivity index (χ2n) is 7.64. The summed E-state index contributed by atoms with van der Waals surface area (Å²) in [5, 5.41) is 4.03. The van der Waals surface area contributed by atoms with Crippen molar-refractivity contribution >= 4 is 28.1 Å². The van der Waals surface area contributed by atoms with Crippen LogP contribution >= 0.6 is 0 Å². The van der Waals surface area contributed by atoms with Crippen LogP contribution in [0.15, 0.2) is 79.1 Å². The van der Waals surface area contributed by atoms with E-state index in [1.54, 1.807) is 25.3 Å². The minimum atomic E-state index is -0.176. The maximum atomic E-state index is 13.1. The Morgan fingerprint density at radius 2 is 1.88 bits per heavy atom. The van der Waals surface area contributed by atoms with E-state index < -0.39 is 0 Å². The number of benzene rings is 2. The molecule has 0 aliphatic rings. The van der Waals surface area contributed by atoms with Crippen LogP contribution in [0, 0.1) is 0 Å². The molecule has 1 amide bonds. The van der Waals surface area contributed by atoms with Crippen LogP contribution in [0.4, 0.5) is 5.69 Å². The molecular weight excluding hydrogens is 416 g/mol. The Bertz CT molecular complexity index is 1420. The molecule has 0 fully saturated rings. The Morgan fingerprint density at radius 3 is 2.70 bits per heavy atom. The predicted molar refractivity (Wildman–Crippen MR) is 128 cm³/mol. The highest BCUT2D eigenvalue weighted by Gasteiger charge is 2.16. The third-order valence-electron chi connectivity index (χ3n) is 5.57. The van der Waals surface area contributed by atoms with Crippen molar-refractivity contribution in [1.29, 1.82) is 0 Å². The second kappa shape index (κ2) is 8.70. The summed E-state index contributed by atoms with van der Waals surface area (Å²) in [5.74, 6) is 0.937. The molecule has 0 aliphatic carbocycles. The molecule has 2 aromatic carbocycles. The lowest BCUT2D eigenvalue weighted by molar-refractivity contribution is 0.101. The molecule has 3 heterocycles. The van der Waals surface area contributed by atoms with Crippen LogP contribution in [0.3, 0.4) is 0 Å².